The zero-order valence-electron chi connectivity index (χ0n) is 13.1. The third-order valence-electron chi connectivity index (χ3n) is 4.30. The van der Waals surface area contributed by atoms with Crippen molar-refractivity contribution in [3.63, 3.8) is 0 Å². The molecule has 0 saturated carbocycles. The predicted octanol–water partition coefficient (Wildman–Crippen LogP) is -1.49. The van der Waals surface area contributed by atoms with Crippen LogP contribution in [0.15, 0.2) is 0 Å². The van der Waals surface area contributed by atoms with Gasteiger partial charge in [-0.05, 0) is 6.92 Å². The summed E-state index contributed by atoms with van der Waals surface area (Å²) in [5, 5.41) is 11.8. The van der Waals surface area contributed by atoms with Crippen molar-refractivity contribution in [2.45, 2.75) is 25.1 Å². The molecule has 2 N–H and O–H groups in total. The van der Waals surface area contributed by atoms with Crippen LogP contribution in [0.25, 0.3) is 0 Å². The number of sulfone groups is 1. The zero-order valence-corrected chi connectivity index (χ0v) is 13.9. The number of hydrogen-bond acceptors (Lipinski definition) is 6. The van der Waals surface area contributed by atoms with E-state index < -0.39 is 22.0 Å². The Balaban J connectivity index is 1.92. The first-order chi connectivity index (χ1) is 10.4. The van der Waals surface area contributed by atoms with Gasteiger partial charge < -0.3 is 20.1 Å². The molecule has 9 heteroatoms. The van der Waals surface area contributed by atoms with Crippen molar-refractivity contribution in [1.82, 2.24) is 15.1 Å². The van der Waals surface area contributed by atoms with Crippen LogP contribution in [0.5, 0.6) is 0 Å². The normalized spacial score (nSPS) is 32.1. The molecule has 22 heavy (non-hydrogen) atoms. The van der Waals surface area contributed by atoms with Crippen LogP contribution in [0.2, 0.25) is 0 Å². The van der Waals surface area contributed by atoms with Crippen LogP contribution in [0, 0.1) is 0 Å². The number of piperazine rings is 1. The summed E-state index contributed by atoms with van der Waals surface area (Å²) in [6.07, 6.45) is -0.486. The lowest BCUT2D eigenvalue weighted by Gasteiger charge is -2.40. The number of rotatable bonds is 4. The highest BCUT2D eigenvalue weighted by Crippen LogP contribution is 2.17. The molecule has 2 aliphatic heterocycles. The first kappa shape index (κ1) is 17.5. The smallest absolute Gasteiger partial charge is 0.318 e. The lowest BCUT2D eigenvalue weighted by Crippen LogP contribution is -2.59. The molecule has 0 spiro atoms. The third-order valence-corrected chi connectivity index (χ3v) is 6.00. The summed E-state index contributed by atoms with van der Waals surface area (Å²) in [7, 11) is -1.70. The number of amides is 2. The third kappa shape index (κ3) is 4.09. The van der Waals surface area contributed by atoms with Crippen LogP contribution in [0.1, 0.15) is 6.92 Å². The summed E-state index contributed by atoms with van der Waals surface area (Å²) in [5.74, 6) is -0.121. The first-order valence-electron chi connectivity index (χ1n) is 7.50. The van der Waals surface area contributed by atoms with Gasteiger partial charge in [0, 0.05) is 39.3 Å². The molecule has 2 aliphatic rings. The summed E-state index contributed by atoms with van der Waals surface area (Å²) in [4.78, 5) is 16.2. The van der Waals surface area contributed by atoms with E-state index in [0.29, 0.717) is 26.2 Å². The summed E-state index contributed by atoms with van der Waals surface area (Å²) in [6, 6.07) is -0.732. The summed E-state index contributed by atoms with van der Waals surface area (Å²) in [5.41, 5.74) is 0. The van der Waals surface area contributed by atoms with Gasteiger partial charge in [0.15, 0.2) is 9.84 Å². The van der Waals surface area contributed by atoms with Crippen LogP contribution < -0.4 is 5.32 Å². The van der Waals surface area contributed by atoms with Gasteiger partial charge in [0.05, 0.1) is 30.3 Å². The van der Waals surface area contributed by atoms with Gasteiger partial charge in [-0.1, -0.05) is 0 Å². The van der Waals surface area contributed by atoms with E-state index in [1.807, 2.05) is 6.92 Å². The van der Waals surface area contributed by atoms with Crippen LogP contribution in [0.4, 0.5) is 4.79 Å². The molecule has 2 rings (SSSR count). The van der Waals surface area contributed by atoms with E-state index in [4.69, 9.17) is 9.84 Å². The van der Waals surface area contributed by atoms with Crippen molar-refractivity contribution >= 4 is 15.9 Å². The topological polar surface area (TPSA) is 99.2 Å². The lowest BCUT2D eigenvalue weighted by molar-refractivity contribution is 0.0761. The molecule has 0 bridgehead atoms. The standard InChI is InChI=1S/C13H25N3O5S/c1-10-7-15(5-6-17)3-4-16(10)13(18)14-11-8-22(19,20)9-12(11)21-2/h10-12,17H,3-9H2,1-2H3,(H,14,18). The van der Waals surface area contributed by atoms with Crippen molar-refractivity contribution < 1.29 is 23.1 Å². The van der Waals surface area contributed by atoms with Crippen molar-refractivity contribution in [2.24, 2.45) is 0 Å². The highest BCUT2D eigenvalue weighted by Gasteiger charge is 2.40. The maximum atomic E-state index is 12.4. The van der Waals surface area contributed by atoms with E-state index in [0.717, 1.165) is 0 Å². The molecule has 0 aromatic rings. The molecule has 2 heterocycles. The Morgan fingerprint density at radius 1 is 1.36 bits per heavy atom. The minimum atomic E-state index is -3.16. The number of methoxy groups -OCH3 is 1. The van der Waals surface area contributed by atoms with E-state index in [1.165, 1.54) is 7.11 Å². The van der Waals surface area contributed by atoms with Crippen LogP contribution in [0.3, 0.4) is 0 Å². The number of urea groups is 1. The zero-order chi connectivity index (χ0) is 16.3. The second kappa shape index (κ2) is 7.12. The molecular formula is C13H25N3O5S. The Morgan fingerprint density at radius 2 is 2.09 bits per heavy atom. The number of ether oxygens (including phenoxy) is 1. The van der Waals surface area contributed by atoms with E-state index in [2.05, 4.69) is 10.2 Å². The molecule has 8 nitrogen and oxygen atoms in total. The largest absolute Gasteiger partial charge is 0.395 e. The first-order valence-corrected chi connectivity index (χ1v) is 9.32. The number of nitrogens with one attached hydrogen (secondary N) is 1. The quantitative estimate of drug-likeness (QED) is 0.649. The monoisotopic (exact) mass is 335 g/mol. The molecule has 2 amide bonds. The average Bonchev–Trinajstić information content (AvgIpc) is 2.73. The molecule has 3 atom stereocenters. The average molecular weight is 335 g/mol. The second-order valence-corrected chi connectivity index (χ2v) is 8.13. The van der Waals surface area contributed by atoms with E-state index in [1.54, 1.807) is 4.90 Å². The van der Waals surface area contributed by atoms with Gasteiger partial charge in [0.1, 0.15) is 0 Å². The number of carbonyl (C=O) groups excluding carboxylic acids is 1. The van der Waals surface area contributed by atoms with Crippen molar-refractivity contribution in [2.75, 3.05) is 51.4 Å². The molecule has 0 aliphatic carbocycles. The minimum absolute atomic E-state index is 0.0132. The fourth-order valence-electron chi connectivity index (χ4n) is 3.10. The number of hydrogen-bond donors (Lipinski definition) is 2. The summed E-state index contributed by atoms with van der Waals surface area (Å²) in [6.45, 7) is 4.62. The van der Waals surface area contributed by atoms with E-state index in [9.17, 15) is 13.2 Å². The predicted molar refractivity (Wildman–Crippen MR) is 81.5 cm³/mol. The highest BCUT2D eigenvalue weighted by atomic mass is 32.2. The fourth-order valence-corrected chi connectivity index (χ4v) is 4.95. The second-order valence-electron chi connectivity index (χ2n) is 5.97. The Labute approximate surface area is 131 Å². The Kier molecular flexibility index (Phi) is 5.65. The Morgan fingerprint density at radius 3 is 2.68 bits per heavy atom. The molecule has 0 aromatic heterocycles. The number of aliphatic hydroxyl groups is 1. The van der Waals surface area contributed by atoms with Crippen molar-refractivity contribution in [3.8, 4) is 0 Å². The van der Waals surface area contributed by atoms with Crippen LogP contribution in [-0.2, 0) is 14.6 Å². The molecule has 2 fully saturated rings. The SMILES string of the molecule is COC1CS(=O)(=O)CC1NC(=O)N1CCN(CCO)CC1C. The summed E-state index contributed by atoms with van der Waals surface area (Å²) >= 11 is 0. The van der Waals surface area contributed by atoms with Gasteiger partial charge >= 0.3 is 6.03 Å². The van der Waals surface area contributed by atoms with Gasteiger partial charge in [-0.2, -0.15) is 0 Å². The van der Waals surface area contributed by atoms with Gasteiger partial charge in [0.2, 0.25) is 0 Å². The van der Waals surface area contributed by atoms with Gasteiger partial charge in [-0.15, -0.1) is 0 Å². The summed E-state index contributed by atoms with van der Waals surface area (Å²) < 4.78 is 28.5. The maximum absolute atomic E-state index is 12.4. The molecule has 2 saturated heterocycles. The van der Waals surface area contributed by atoms with Gasteiger partial charge in [-0.25, -0.2) is 13.2 Å². The van der Waals surface area contributed by atoms with Gasteiger partial charge in [-0.3, -0.25) is 4.90 Å². The fraction of sp³-hybridized carbons (Fsp3) is 0.923. The molecule has 0 aromatic carbocycles. The number of aliphatic hydroxyl groups excluding tert-OH is 1. The van der Waals surface area contributed by atoms with Crippen LogP contribution >= 0.6 is 0 Å². The molecular weight excluding hydrogens is 310 g/mol. The van der Waals surface area contributed by atoms with Crippen LogP contribution in [-0.4, -0.2) is 98.9 Å². The van der Waals surface area contributed by atoms with Gasteiger partial charge in [0.25, 0.3) is 0 Å². The number of carbonyl (C=O) groups is 1. The van der Waals surface area contributed by atoms with E-state index in [-0.39, 0.29) is 30.2 Å². The van der Waals surface area contributed by atoms with Crippen molar-refractivity contribution in [3.05, 3.63) is 0 Å². The van der Waals surface area contributed by atoms with Crippen molar-refractivity contribution in [1.29, 1.82) is 0 Å². The lowest BCUT2D eigenvalue weighted by atomic mass is 10.2. The number of β-amino-alcohol motifs (C(OH)–C–C–N with tert-alkyl or cyclic N) is 1. The molecule has 3 unspecified atom stereocenters. The number of nitrogens with zero attached hydrogens (tertiary/aromatic N) is 2. The highest BCUT2D eigenvalue weighted by molar-refractivity contribution is 7.91. The molecule has 128 valence electrons. The Bertz CT molecular complexity index is 498. The minimum Gasteiger partial charge on any atom is -0.395 e. The van der Waals surface area contributed by atoms with E-state index >= 15 is 0 Å². The maximum Gasteiger partial charge on any atom is 0.318 e. The molecule has 0 radical (unpaired) electrons. The Hall–Kier alpha value is -0.900.